The van der Waals surface area contributed by atoms with Gasteiger partial charge in [0.15, 0.2) is 9.84 Å². The third-order valence-electron chi connectivity index (χ3n) is 3.01. The fourth-order valence-corrected chi connectivity index (χ4v) is 2.38. The Balaban J connectivity index is 2.64. The third kappa shape index (κ3) is 6.91. The van der Waals surface area contributed by atoms with E-state index in [4.69, 9.17) is 4.74 Å². The highest BCUT2D eigenvalue weighted by molar-refractivity contribution is 7.91. The molecule has 5 nitrogen and oxygen atoms in total. The second kappa shape index (κ2) is 8.34. The summed E-state index contributed by atoms with van der Waals surface area (Å²) in [5.74, 6) is 1.40. The van der Waals surface area contributed by atoms with E-state index in [9.17, 15) is 8.42 Å². The zero-order chi connectivity index (χ0) is 15.9. The number of aromatic nitrogens is 1. The summed E-state index contributed by atoms with van der Waals surface area (Å²) in [4.78, 5) is 4.47. The molecule has 0 unspecified atom stereocenters. The van der Waals surface area contributed by atoms with Crippen molar-refractivity contribution < 1.29 is 13.2 Å². The summed E-state index contributed by atoms with van der Waals surface area (Å²) < 4.78 is 28.5. The first-order valence-electron chi connectivity index (χ1n) is 7.34. The minimum atomic E-state index is -3.00. The van der Waals surface area contributed by atoms with Crippen molar-refractivity contribution in [1.82, 2.24) is 10.3 Å². The average Bonchev–Trinajstić information content (AvgIpc) is 2.40. The van der Waals surface area contributed by atoms with Crippen LogP contribution in [0.2, 0.25) is 0 Å². The van der Waals surface area contributed by atoms with E-state index in [1.165, 1.54) is 0 Å². The summed E-state index contributed by atoms with van der Waals surface area (Å²) in [6.07, 6.45) is 0. The molecule has 0 saturated carbocycles. The molecule has 0 aromatic carbocycles. The summed E-state index contributed by atoms with van der Waals surface area (Å²) in [6.45, 7) is 9.54. The van der Waals surface area contributed by atoms with Gasteiger partial charge < -0.3 is 10.1 Å². The molecule has 0 spiro atoms. The Kier molecular flexibility index (Phi) is 7.11. The van der Waals surface area contributed by atoms with Crippen LogP contribution in [0, 0.1) is 12.8 Å². The molecule has 0 aliphatic carbocycles. The first kappa shape index (κ1) is 17.9. The van der Waals surface area contributed by atoms with Gasteiger partial charge in [-0.1, -0.05) is 20.8 Å². The third-order valence-corrected chi connectivity index (χ3v) is 4.68. The Morgan fingerprint density at radius 3 is 2.67 bits per heavy atom. The van der Waals surface area contributed by atoms with Crippen LogP contribution in [-0.2, 0) is 16.4 Å². The molecule has 0 amide bonds. The van der Waals surface area contributed by atoms with E-state index in [0.717, 1.165) is 17.9 Å². The fraction of sp³-hybridized carbons (Fsp3) is 0.667. The highest BCUT2D eigenvalue weighted by Crippen LogP contribution is 2.17. The van der Waals surface area contributed by atoms with Crippen LogP contribution >= 0.6 is 0 Å². The number of ether oxygens (including phenoxy) is 1. The Morgan fingerprint density at radius 1 is 1.33 bits per heavy atom. The number of pyridine rings is 1. The molecular weight excluding hydrogens is 288 g/mol. The molecule has 0 bridgehead atoms. The Labute approximate surface area is 128 Å². The predicted molar refractivity (Wildman–Crippen MR) is 85.3 cm³/mol. The molecule has 0 aliphatic heterocycles. The predicted octanol–water partition coefficient (Wildman–Crippen LogP) is 1.95. The second-order valence-corrected chi connectivity index (χ2v) is 7.98. The molecule has 1 rings (SSSR count). The largest absolute Gasteiger partial charge is 0.491 e. The summed E-state index contributed by atoms with van der Waals surface area (Å²) in [5, 5.41) is 3.33. The van der Waals surface area contributed by atoms with Gasteiger partial charge in [-0.15, -0.1) is 0 Å². The molecule has 0 saturated heterocycles. The van der Waals surface area contributed by atoms with Crippen molar-refractivity contribution in [2.45, 2.75) is 34.2 Å². The van der Waals surface area contributed by atoms with Crippen LogP contribution in [0.3, 0.4) is 0 Å². The van der Waals surface area contributed by atoms with Gasteiger partial charge in [-0.2, -0.15) is 0 Å². The average molecular weight is 314 g/mol. The first-order chi connectivity index (χ1) is 9.84. The lowest BCUT2D eigenvalue weighted by Gasteiger charge is -2.13. The van der Waals surface area contributed by atoms with Gasteiger partial charge in [0.1, 0.15) is 12.4 Å². The summed E-state index contributed by atoms with van der Waals surface area (Å²) >= 11 is 0. The minimum absolute atomic E-state index is 0.0379. The molecule has 0 aliphatic rings. The maximum atomic E-state index is 11.5. The van der Waals surface area contributed by atoms with Gasteiger partial charge in [0.25, 0.3) is 0 Å². The molecule has 0 atom stereocenters. The van der Waals surface area contributed by atoms with Gasteiger partial charge in [0.05, 0.1) is 11.4 Å². The maximum absolute atomic E-state index is 11.5. The number of nitrogens with zero attached hydrogens (tertiary/aromatic N) is 1. The standard InChI is InChI=1S/C15H26N2O3S/c1-5-21(18,19)9-8-20-15-7-6-13(4)17-14(15)11-16-10-12(2)3/h6-7,12,16H,5,8-11H2,1-4H3. The molecule has 1 heterocycles. The van der Waals surface area contributed by atoms with Gasteiger partial charge >= 0.3 is 0 Å². The quantitative estimate of drug-likeness (QED) is 0.754. The zero-order valence-corrected chi connectivity index (χ0v) is 14.2. The van der Waals surface area contributed by atoms with Crippen molar-refractivity contribution in [3.63, 3.8) is 0 Å². The topological polar surface area (TPSA) is 68.3 Å². The van der Waals surface area contributed by atoms with E-state index in [-0.39, 0.29) is 18.1 Å². The Hall–Kier alpha value is -1.14. The van der Waals surface area contributed by atoms with Crippen molar-refractivity contribution >= 4 is 9.84 Å². The highest BCUT2D eigenvalue weighted by Gasteiger charge is 2.10. The van der Waals surface area contributed by atoms with Crippen LogP contribution in [0.15, 0.2) is 12.1 Å². The van der Waals surface area contributed by atoms with E-state index in [1.54, 1.807) is 6.92 Å². The highest BCUT2D eigenvalue weighted by atomic mass is 32.2. The fourth-order valence-electron chi connectivity index (χ4n) is 1.76. The summed E-state index contributed by atoms with van der Waals surface area (Å²) in [6, 6.07) is 3.73. The lowest BCUT2D eigenvalue weighted by Crippen LogP contribution is -2.21. The summed E-state index contributed by atoms with van der Waals surface area (Å²) in [7, 11) is -3.00. The van der Waals surface area contributed by atoms with E-state index in [2.05, 4.69) is 24.1 Å². The van der Waals surface area contributed by atoms with Crippen LogP contribution in [0.5, 0.6) is 5.75 Å². The lowest BCUT2D eigenvalue weighted by atomic mass is 10.2. The molecule has 1 N–H and O–H groups in total. The van der Waals surface area contributed by atoms with Crippen LogP contribution in [0.4, 0.5) is 0 Å². The maximum Gasteiger partial charge on any atom is 0.153 e. The molecule has 21 heavy (non-hydrogen) atoms. The number of sulfone groups is 1. The molecule has 6 heteroatoms. The first-order valence-corrected chi connectivity index (χ1v) is 9.16. The van der Waals surface area contributed by atoms with Crippen molar-refractivity contribution in [3.05, 3.63) is 23.5 Å². The van der Waals surface area contributed by atoms with Crippen LogP contribution < -0.4 is 10.1 Å². The number of hydrogen-bond acceptors (Lipinski definition) is 5. The minimum Gasteiger partial charge on any atom is -0.491 e. The van der Waals surface area contributed by atoms with E-state index in [1.807, 2.05) is 19.1 Å². The van der Waals surface area contributed by atoms with Crippen LogP contribution in [-0.4, -0.2) is 38.1 Å². The van der Waals surface area contributed by atoms with Crippen molar-refractivity contribution in [1.29, 1.82) is 0 Å². The van der Waals surface area contributed by atoms with Crippen molar-refractivity contribution in [2.75, 3.05) is 24.7 Å². The summed E-state index contributed by atoms with van der Waals surface area (Å²) in [5.41, 5.74) is 1.74. The Bertz CT molecular complexity index is 542. The zero-order valence-electron chi connectivity index (χ0n) is 13.3. The lowest BCUT2D eigenvalue weighted by molar-refractivity contribution is 0.333. The van der Waals surface area contributed by atoms with Crippen molar-refractivity contribution in [2.24, 2.45) is 5.92 Å². The van der Waals surface area contributed by atoms with Crippen LogP contribution in [0.25, 0.3) is 0 Å². The molecule has 0 radical (unpaired) electrons. The second-order valence-electron chi connectivity index (χ2n) is 5.51. The monoisotopic (exact) mass is 314 g/mol. The number of nitrogens with one attached hydrogen (secondary N) is 1. The normalized spacial score (nSPS) is 11.9. The van der Waals surface area contributed by atoms with Gasteiger partial charge in [-0.25, -0.2) is 8.42 Å². The van der Waals surface area contributed by atoms with E-state index < -0.39 is 9.84 Å². The van der Waals surface area contributed by atoms with E-state index in [0.29, 0.717) is 18.2 Å². The number of aryl methyl sites for hydroxylation is 1. The molecular formula is C15H26N2O3S. The van der Waals surface area contributed by atoms with Crippen LogP contribution in [0.1, 0.15) is 32.2 Å². The van der Waals surface area contributed by atoms with Gasteiger partial charge in [-0.3, -0.25) is 4.98 Å². The van der Waals surface area contributed by atoms with Gasteiger partial charge in [0.2, 0.25) is 0 Å². The van der Waals surface area contributed by atoms with Gasteiger partial charge in [0, 0.05) is 18.0 Å². The molecule has 1 aromatic heterocycles. The number of rotatable bonds is 9. The molecule has 0 fully saturated rings. The van der Waals surface area contributed by atoms with E-state index >= 15 is 0 Å². The molecule has 1 aromatic rings. The van der Waals surface area contributed by atoms with Crippen molar-refractivity contribution in [3.8, 4) is 5.75 Å². The smallest absolute Gasteiger partial charge is 0.153 e. The number of hydrogen-bond donors (Lipinski definition) is 1. The van der Waals surface area contributed by atoms with Gasteiger partial charge in [-0.05, 0) is 31.5 Å². The SMILES string of the molecule is CCS(=O)(=O)CCOc1ccc(C)nc1CNCC(C)C. The Morgan fingerprint density at radius 2 is 2.05 bits per heavy atom. The molecule has 120 valence electrons.